The van der Waals surface area contributed by atoms with Crippen LogP contribution in [-0.4, -0.2) is 118 Å². The molecular weight excluding hydrogens is 955 g/mol. The Balaban J connectivity index is 3.92. The van der Waals surface area contributed by atoms with Crippen LogP contribution in [0, 0.1) is 35.5 Å². The normalized spacial score (nSPS) is 23.9. The van der Waals surface area contributed by atoms with Crippen molar-refractivity contribution < 1.29 is 62.9 Å². The maximum absolute atomic E-state index is 14.2. The number of aliphatic carboxylic acids is 2. The zero-order valence-electron chi connectivity index (χ0n) is 46.7. The summed E-state index contributed by atoms with van der Waals surface area (Å²) in [5, 5.41) is 37.9. The van der Waals surface area contributed by atoms with Crippen LogP contribution in [-0.2, 0) is 52.7 Å². The summed E-state index contributed by atoms with van der Waals surface area (Å²) in [6, 6.07) is -9.64. The second-order valence-electron chi connectivity index (χ2n) is 22.8. The van der Waals surface area contributed by atoms with Gasteiger partial charge in [-0.25, -0.2) is 4.79 Å². The molecule has 7 amide bonds. The van der Waals surface area contributed by atoms with Crippen molar-refractivity contribution in [2.24, 2.45) is 35.5 Å². The third kappa shape index (κ3) is 28.4. The van der Waals surface area contributed by atoms with Gasteiger partial charge in [-0.1, -0.05) is 134 Å². The van der Waals surface area contributed by atoms with Crippen LogP contribution in [0.3, 0.4) is 0 Å². The summed E-state index contributed by atoms with van der Waals surface area (Å²) in [6.45, 7) is 22.1. The van der Waals surface area contributed by atoms with Crippen molar-refractivity contribution in [3.8, 4) is 0 Å². The zero-order valence-corrected chi connectivity index (χ0v) is 46.7. The predicted octanol–water partition coefficient (Wildman–Crippen LogP) is 5.43. The molecule has 0 aromatic rings. The van der Waals surface area contributed by atoms with Gasteiger partial charge in [0, 0.05) is 6.42 Å². The van der Waals surface area contributed by atoms with Crippen molar-refractivity contribution in [2.75, 3.05) is 0 Å². The first-order chi connectivity index (χ1) is 34.6. The van der Waals surface area contributed by atoms with Gasteiger partial charge >= 0.3 is 17.9 Å². The minimum Gasteiger partial charge on any atom is -0.481 e. The van der Waals surface area contributed by atoms with Gasteiger partial charge in [-0.2, -0.15) is 0 Å². The molecule has 0 saturated carbocycles. The van der Waals surface area contributed by atoms with Crippen LogP contribution in [0.15, 0.2) is 0 Å². The first kappa shape index (κ1) is 66.7. The minimum absolute atomic E-state index is 0.0395. The van der Waals surface area contributed by atoms with Crippen LogP contribution >= 0.6 is 0 Å². The molecule has 6 unspecified atom stereocenters. The van der Waals surface area contributed by atoms with Gasteiger partial charge in [-0.05, 0) is 80.5 Å². The summed E-state index contributed by atoms with van der Waals surface area (Å²) in [7, 11) is 0. The number of carboxylic acids is 2. The Morgan fingerprint density at radius 3 is 1.27 bits per heavy atom. The van der Waals surface area contributed by atoms with Gasteiger partial charge in [-0.3, -0.25) is 43.2 Å². The largest absolute Gasteiger partial charge is 0.481 e. The molecule has 1 aliphatic rings. The van der Waals surface area contributed by atoms with Crippen molar-refractivity contribution in [1.82, 2.24) is 37.2 Å². The Morgan fingerprint density at radius 2 is 0.838 bits per heavy atom. The Kier molecular flexibility index (Phi) is 31.6. The van der Waals surface area contributed by atoms with E-state index in [1.807, 2.05) is 13.8 Å². The van der Waals surface area contributed by atoms with Gasteiger partial charge < -0.3 is 52.2 Å². The monoisotopic (exact) mass is 1050 g/mol. The summed E-state index contributed by atoms with van der Waals surface area (Å²) in [6.07, 6.45) is 6.28. The molecule has 0 radical (unpaired) electrons. The van der Waals surface area contributed by atoms with E-state index in [0.717, 1.165) is 32.1 Å². The fraction of sp³-hybridized carbons (Fsp3) is 0.815. The van der Waals surface area contributed by atoms with Gasteiger partial charge in [-0.15, -0.1) is 0 Å². The fourth-order valence-electron chi connectivity index (χ4n) is 8.75. The number of ether oxygens (including phenoxy) is 1. The molecule has 20 nitrogen and oxygen atoms in total. The van der Waals surface area contributed by atoms with Crippen LogP contribution < -0.4 is 37.2 Å². The molecule has 0 aromatic carbocycles. The van der Waals surface area contributed by atoms with E-state index in [1.54, 1.807) is 55.4 Å². The minimum atomic E-state index is -1.72. The molecule has 0 spiro atoms. The lowest BCUT2D eigenvalue weighted by Gasteiger charge is -2.29. The number of unbranched alkanes of at least 4 members (excludes halogenated alkanes) is 7. The van der Waals surface area contributed by atoms with E-state index >= 15 is 0 Å². The molecule has 1 rings (SSSR count). The molecule has 0 aliphatic carbocycles. The first-order valence-electron chi connectivity index (χ1n) is 27.3. The Hall–Kier alpha value is -5.30. The number of esters is 1. The van der Waals surface area contributed by atoms with Gasteiger partial charge in [0.1, 0.15) is 48.4 Å². The summed E-state index contributed by atoms with van der Waals surface area (Å²) in [5.74, 6) is -10.1. The molecule has 8 atom stereocenters. The van der Waals surface area contributed by atoms with Crippen molar-refractivity contribution in [2.45, 2.75) is 247 Å². The lowest BCUT2D eigenvalue weighted by atomic mass is 9.98. The summed E-state index contributed by atoms with van der Waals surface area (Å²) < 4.78 is 6.05. The highest BCUT2D eigenvalue weighted by Gasteiger charge is 2.37. The molecule has 1 fully saturated rings. The maximum Gasteiger partial charge on any atom is 0.328 e. The fourth-order valence-corrected chi connectivity index (χ4v) is 8.75. The van der Waals surface area contributed by atoms with Gasteiger partial charge in [0.05, 0.1) is 12.8 Å². The molecule has 9 N–H and O–H groups in total. The number of carbonyl (C=O) groups excluding carboxylic acids is 8. The molecule has 20 heteroatoms. The lowest BCUT2D eigenvalue weighted by molar-refractivity contribution is -0.155. The summed E-state index contributed by atoms with van der Waals surface area (Å²) in [5.41, 5.74) is 0. The van der Waals surface area contributed by atoms with Crippen LogP contribution in [0.1, 0.15) is 199 Å². The van der Waals surface area contributed by atoms with E-state index in [-0.39, 0.29) is 62.2 Å². The molecule has 0 aromatic heterocycles. The van der Waals surface area contributed by atoms with Crippen LogP contribution in [0.5, 0.6) is 0 Å². The van der Waals surface area contributed by atoms with Gasteiger partial charge in [0.25, 0.3) is 0 Å². The number of cyclic esters (lactones) is 1. The number of rotatable bonds is 25. The van der Waals surface area contributed by atoms with Crippen molar-refractivity contribution >= 4 is 59.3 Å². The van der Waals surface area contributed by atoms with E-state index in [2.05, 4.69) is 51.1 Å². The second kappa shape index (κ2) is 35.0. The highest BCUT2D eigenvalue weighted by molar-refractivity contribution is 5.98. The zero-order chi connectivity index (χ0) is 56.2. The number of carbonyl (C=O) groups is 10. The number of amides is 7. The molecule has 1 heterocycles. The van der Waals surface area contributed by atoms with Crippen molar-refractivity contribution in [3.05, 3.63) is 0 Å². The molecule has 0 bridgehead atoms. The van der Waals surface area contributed by atoms with E-state index in [9.17, 15) is 58.2 Å². The third-order valence-electron chi connectivity index (χ3n) is 12.6. The Bertz CT molecular complexity index is 1820. The van der Waals surface area contributed by atoms with Gasteiger partial charge in [0.2, 0.25) is 41.4 Å². The standard InChI is InChI=1S/C54H95N7O13/c1-31(2)21-19-17-15-13-14-16-18-20-22-37-29-44(62)55-38(23-24-45(63)64)48(67)56-39(25-32(3)4)49(68)58-41(27-34(7)8)52(71)61-47(36(11)12)53(72)59-42(30-46(65)66)51(70)57-40(26-33(5)6)50(69)60-43(28-35(9)10)54(73)74-37/h31-43,47H,13-30H2,1-12H3,(H,55,62)(H,56,67)(H,57,70)(H,58,68)(H,59,72)(H,60,69)(H,61,71)(H,63,64)(H,65,66)/t37?,38?,39?,40-,41-,42?,43?,47?/m1/s1. The Morgan fingerprint density at radius 1 is 0.446 bits per heavy atom. The van der Waals surface area contributed by atoms with E-state index in [1.165, 1.54) is 19.3 Å². The lowest BCUT2D eigenvalue weighted by Crippen LogP contribution is -2.61. The summed E-state index contributed by atoms with van der Waals surface area (Å²) in [4.78, 5) is 137. The quantitative estimate of drug-likeness (QED) is 0.0408. The van der Waals surface area contributed by atoms with Crippen LogP contribution in [0.25, 0.3) is 0 Å². The van der Waals surface area contributed by atoms with E-state index in [4.69, 9.17) is 4.74 Å². The highest BCUT2D eigenvalue weighted by Crippen LogP contribution is 2.19. The number of nitrogens with one attached hydrogen (secondary N) is 7. The molecule has 424 valence electrons. The first-order valence-corrected chi connectivity index (χ1v) is 27.3. The molecule has 74 heavy (non-hydrogen) atoms. The highest BCUT2D eigenvalue weighted by atomic mass is 16.5. The maximum atomic E-state index is 14.2. The van der Waals surface area contributed by atoms with E-state index in [0.29, 0.717) is 12.3 Å². The molecule has 1 aliphatic heterocycles. The number of carboxylic acid groups (broad SMARTS) is 2. The average molecular weight is 1050 g/mol. The smallest absolute Gasteiger partial charge is 0.328 e. The number of hydrogen-bond acceptors (Lipinski definition) is 11. The van der Waals surface area contributed by atoms with Gasteiger partial charge in [0.15, 0.2) is 0 Å². The van der Waals surface area contributed by atoms with Crippen LogP contribution in [0.2, 0.25) is 0 Å². The Labute approximate surface area is 440 Å². The third-order valence-corrected chi connectivity index (χ3v) is 12.6. The van der Waals surface area contributed by atoms with Crippen molar-refractivity contribution in [1.29, 1.82) is 0 Å². The molecule has 1 saturated heterocycles. The average Bonchev–Trinajstić information content (AvgIpc) is 3.27. The van der Waals surface area contributed by atoms with E-state index < -0.39 is 133 Å². The van der Waals surface area contributed by atoms with Crippen molar-refractivity contribution in [3.63, 3.8) is 0 Å². The molecular formula is C54H95N7O13. The number of hydrogen-bond donors (Lipinski definition) is 9. The topological polar surface area (TPSA) is 305 Å². The van der Waals surface area contributed by atoms with Crippen LogP contribution in [0.4, 0.5) is 0 Å². The predicted molar refractivity (Wildman–Crippen MR) is 281 cm³/mol. The SMILES string of the molecule is CC(C)CCCCCCCCCCC1CC(=O)NC(CCC(=O)O)C(=O)NC(CC(C)C)C(=O)N[C@H](CC(C)C)C(=O)NC(C(C)C)C(=O)NC(CC(=O)O)C(=O)N[C@H](CC(C)C)C(=O)NC(CC(C)C)C(=O)O1. The summed E-state index contributed by atoms with van der Waals surface area (Å²) >= 11 is 0. The second-order valence-corrected chi connectivity index (χ2v) is 22.8.